The summed E-state index contributed by atoms with van der Waals surface area (Å²) < 4.78 is 0. The summed E-state index contributed by atoms with van der Waals surface area (Å²) in [4.78, 5) is 0. The molecule has 0 nitrogen and oxygen atoms in total. The molecule has 0 aliphatic heterocycles. The molecule has 0 aliphatic rings. The SMILES string of the molecule is [C]=CC=CC=CCCCCCCCCC. The molecule has 0 heterocycles. The summed E-state index contributed by atoms with van der Waals surface area (Å²) in [5, 5.41) is 0. The van der Waals surface area contributed by atoms with Crippen molar-refractivity contribution >= 4 is 0 Å². The average molecular weight is 204 g/mol. The van der Waals surface area contributed by atoms with E-state index in [1.807, 2.05) is 12.2 Å². The lowest BCUT2D eigenvalue weighted by Crippen LogP contribution is -1.78. The Morgan fingerprint density at radius 1 is 0.800 bits per heavy atom. The van der Waals surface area contributed by atoms with Gasteiger partial charge in [0.05, 0.1) is 0 Å². The fourth-order valence-electron chi connectivity index (χ4n) is 1.51. The second-order valence-corrected chi connectivity index (χ2v) is 3.89. The van der Waals surface area contributed by atoms with Gasteiger partial charge >= 0.3 is 0 Å². The summed E-state index contributed by atoms with van der Waals surface area (Å²) in [5.41, 5.74) is 0. The van der Waals surface area contributed by atoms with Crippen molar-refractivity contribution in [2.75, 3.05) is 0 Å². The van der Waals surface area contributed by atoms with Gasteiger partial charge in [0.15, 0.2) is 0 Å². The van der Waals surface area contributed by atoms with Crippen molar-refractivity contribution in [3.8, 4) is 0 Å². The minimum absolute atomic E-state index is 1.18. The predicted molar refractivity (Wildman–Crippen MR) is 68.7 cm³/mol. The Balaban J connectivity index is 3.07. The monoisotopic (exact) mass is 204 g/mol. The smallest absolute Gasteiger partial charge is 0.00990 e. The molecule has 0 aromatic carbocycles. The molecule has 0 N–H and O–H groups in total. The molecule has 0 fully saturated rings. The fourth-order valence-corrected chi connectivity index (χ4v) is 1.51. The Morgan fingerprint density at radius 3 is 2.13 bits per heavy atom. The van der Waals surface area contributed by atoms with Gasteiger partial charge in [-0.25, -0.2) is 0 Å². The van der Waals surface area contributed by atoms with Crippen LogP contribution in [-0.4, -0.2) is 0 Å². The second kappa shape index (κ2) is 13.2. The van der Waals surface area contributed by atoms with E-state index in [1.165, 1.54) is 57.4 Å². The Bertz CT molecular complexity index is 174. The van der Waals surface area contributed by atoms with Crippen molar-refractivity contribution in [2.24, 2.45) is 0 Å². The Morgan fingerprint density at radius 2 is 1.47 bits per heavy atom. The van der Waals surface area contributed by atoms with Crippen LogP contribution in [0.4, 0.5) is 0 Å². The van der Waals surface area contributed by atoms with Gasteiger partial charge in [-0.05, 0) is 19.4 Å². The molecule has 0 bridgehead atoms. The molecule has 0 saturated heterocycles. The number of unbranched alkanes of at least 4 members (excludes halogenated alkanes) is 7. The van der Waals surface area contributed by atoms with Crippen molar-refractivity contribution in [3.05, 3.63) is 37.0 Å². The number of rotatable bonds is 10. The van der Waals surface area contributed by atoms with Gasteiger partial charge in [0.1, 0.15) is 0 Å². The normalized spacial score (nSPS) is 11.5. The summed E-state index contributed by atoms with van der Waals surface area (Å²) in [6.45, 7) is 9.04. The molecule has 0 saturated carbocycles. The molecule has 0 rings (SSSR count). The molecule has 0 aromatic rings. The zero-order valence-corrected chi connectivity index (χ0v) is 10.0. The first-order valence-corrected chi connectivity index (χ1v) is 6.24. The van der Waals surface area contributed by atoms with Gasteiger partial charge in [-0.2, -0.15) is 0 Å². The maximum absolute atomic E-state index is 6.78. The highest BCUT2D eigenvalue weighted by atomic mass is 13.9. The topological polar surface area (TPSA) is 0 Å². The van der Waals surface area contributed by atoms with Crippen molar-refractivity contribution < 1.29 is 0 Å². The molecule has 84 valence electrons. The third-order valence-electron chi connectivity index (χ3n) is 2.43. The standard InChI is InChI=1S/C15H24/c1-3-5-7-9-11-13-15-14-12-10-8-6-4-2/h4,6,8,10,12H,3,5,7,9,11,13-15H2,1H3. The van der Waals surface area contributed by atoms with E-state index in [0.717, 1.165) is 0 Å². The van der Waals surface area contributed by atoms with Crippen molar-refractivity contribution in [1.29, 1.82) is 0 Å². The second-order valence-electron chi connectivity index (χ2n) is 3.89. The van der Waals surface area contributed by atoms with Gasteiger partial charge in [0.2, 0.25) is 0 Å². The molecule has 0 unspecified atom stereocenters. The first kappa shape index (κ1) is 14.2. The van der Waals surface area contributed by atoms with Crippen LogP contribution in [0.15, 0.2) is 30.4 Å². The van der Waals surface area contributed by atoms with Crippen LogP contribution >= 0.6 is 0 Å². The van der Waals surface area contributed by atoms with Gasteiger partial charge in [0.25, 0.3) is 0 Å². The van der Waals surface area contributed by atoms with E-state index in [4.69, 9.17) is 6.58 Å². The Hall–Kier alpha value is -0.780. The summed E-state index contributed by atoms with van der Waals surface area (Å²) in [6.07, 6.45) is 20.0. The van der Waals surface area contributed by atoms with E-state index in [-0.39, 0.29) is 0 Å². The summed E-state index contributed by atoms with van der Waals surface area (Å²) in [7, 11) is 0. The van der Waals surface area contributed by atoms with Crippen LogP contribution in [0.25, 0.3) is 0 Å². The van der Waals surface area contributed by atoms with Gasteiger partial charge in [-0.1, -0.05) is 75.8 Å². The third-order valence-corrected chi connectivity index (χ3v) is 2.43. The molecule has 0 aromatic heterocycles. The Kier molecular flexibility index (Phi) is 12.5. The fraction of sp³-hybridized carbons (Fsp3) is 0.600. The quantitative estimate of drug-likeness (QED) is 0.343. The van der Waals surface area contributed by atoms with Crippen LogP contribution < -0.4 is 0 Å². The van der Waals surface area contributed by atoms with E-state index >= 15 is 0 Å². The minimum Gasteiger partial charge on any atom is -0.0845 e. The number of hydrogen-bond donors (Lipinski definition) is 0. The van der Waals surface area contributed by atoms with Crippen LogP contribution in [0.5, 0.6) is 0 Å². The molecule has 0 aliphatic carbocycles. The van der Waals surface area contributed by atoms with Crippen molar-refractivity contribution in [2.45, 2.75) is 58.3 Å². The van der Waals surface area contributed by atoms with Gasteiger partial charge in [0, 0.05) is 0 Å². The maximum atomic E-state index is 6.78. The molecule has 0 heteroatoms. The van der Waals surface area contributed by atoms with Crippen LogP contribution in [-0.2, 0) is 0 Å². The van der Waals surface area contributed by atoms with Crippen LogP contribution in [0.2, 0.25) is 0 Å². The van der Waals surface area contributed by atoms with Gasteiger partial charge in [-0.15, -0.1) is 0 Å². The third kappa shape index (κ3) is 13.2. The van der Waals surface area contributed by atoms with E-state index in [2.05, 4.69) is 13.0 Å². The summed E-state index contributed by atoms with van der Waals surface area (Å²) >= 11 is 0. The van der Waals surface area contributed by atoms with Gasteiger partial charge < -0.3 is 0 Å². The highest BCUT2D eigenvalue weighted by Crippen LogP contribution is 2.08. The minimum atomic E-state index is 1.18. The highest BCUT2D eigenvalue weighted by Gasteiger charge is 1.88. The molecule has 2 radical (unpaired) electrons. The zero-order valence-electron chi connectivity index (χ0n) is 10.0. The summed E-state index contributed by atoms with van der Waals surface area (Å²) in [6, 6.07) is 0. The van der Waals surface area contributed by atoms with Crippen LogP contribution in [0, 0.1) is 6.58 Å². The predicted octanol–water partition coefficient (Wildman–Crippen LogP) is 5.11. The van der Waals surface area contributed by atoms with E-state index in [0.29, 0.717) is 0 Å². The molecule has 0 atom stereocenters. The Labute approximate surface area is 95.8 Å². The lowest BCUT2D eigenvalue weighted by Gasteiger charge is -1.98. The average Bonchev–Trinajstić information content (AvgIpc) is 2.26. The number of allylic oxidation sites excluding steroid dienone is 5. The highest BCUT2D eigenvalue weighted by molar-refractivity contribution is 5.07. The molecular weight excluding hydrogens is 180 g/mol. The lowest BCUT2D eigenvalue weighted by atomic mass is 10.1. The van der Waals surface area contributed by atoms with Gasteiger partial charge in [-0.3, -0.25) is 0 Å². The van der Waals surface area contributed by atoms with Crippen molar-refractivity contribution in [1.82, 2.24) is 0 Å². The van der Waals surface area contributed by atoms with E-state index in [9.17, 15) is 0 Å². The van der Waals surface area contributed by atoms with E-state index in [1.54, 1.807) is 6.08 Å². The molecule has 15 heavy (non-hydrogen) atoms. The van der Waals surface area contributed by atoms with E-state index < -0.39 is 0 Å². The maximum Gasteiger partial charge on any atom is -0.00990 e. The zero-order chi connectivity index (χ0) is 11.2. The van der Waals surface area contributed by atoms with Crippen LogP contribution in [0.1, 0.15) is 58.3 Å². The molecular formula is C15H24. The first-order valence-electron chi connectivity index (χ1n) is 6.24. The molecule has 0 amide bonds. The molecule has 0 spiro atoms. The first-order chi connectivity index (χ1) is 7.41. The number of hydrogen-bond acceptors (Lipinski definition) is 0. The largest absolute Gasteiger partial charge is 0.0845 e. The summed E-state index contributed by atoms with van der Waals surface area (Å²) in [5.74, 6) is 0. The van der Waals surface area contributed by atoms with Crippen LogP contribution in [0.3, 0.4) is 0 Å². The lowest BCUT2D eigenvalue weighted by molar-refractivity contribution is 0.592. The van der Waals surface area contributed by atoms with Crippen molar-refractivity contribution in [3.63, 3.8) is 0 Å².